The molecule has 1 aliphatic carbocycles. The van der Waals surface area contributed by atoms with Crippen LogP contribution < -0.4 is 5.73 Å². The number of hydrogen-bond acceptors (Lipinski definition) is 2. The minimum atomic E-state index is 0.0356. The van der Waals surface area contributed by atoms with E-state index in [1.54, 1.807) is 0 Å². The first kappa shape index (κ1) is 9.25. The maximum Gasteiger partial charge on any atom is 0.152 e. The van der Waals surface area contributed by atoms with E-state index < -0.39 is 0 Å². The van der Waals surface area contributed by atoms with Crippen LogP contribution in [0.25, 0.3) is 11.0 Å². The largest absolute Gasteiger partial charge is 0.458 e. The first-order valence-electron chi connectivity index (χ1n) is 5.19. The Morgan fingerprint density at radius 1 is 1.40 bits per heavy atom. The van der Waals surface area contributed by atoms with Crippen LogP contribution in [0.3, 0.4) is 0 Å². The number of furan rings is 1. The quantitative estimate of drug-likeness (QED) is 0.843. The molecule has 2 nitrogen and oxygen atoms in total. The lowest BCUT2D eigenvalue weighted by molar-refractivity contribution is 0.467. The minimum absolute atomic E-state index is 0.0356. The molecule has 0 aliphatic heterocycles. The molecule has 0 spiro atoms. The van der Waals surface area contributed by atoms with Gasteiger partial charge in [0.2, 0.25) is 0 Å². The zero-order valence-electron chi connectivity index (χ0n) is 8.24. The highest BCUT2D eigenvalue weighted by atomic mass is 35.5. The summed E-state index contributed by atoms with van der Waals surface area (Å²) in [6, 6.07) is 7.79. The summed E-state index contributed by atoms with van der Waals surface area (Å²) in [7, 11) is 0. The second kappa shape index (κ2) is 3.26. The van der Waals surface area contributed by atoms with Crippen LogP contribution in [-0.2, 0) is 0 Å². The Balaban J connectivity index is 2.09. The van der Waals surface area contributed by atoms with Crippen molar-refractivity contribution < 1.29 is 4.42 Å². The molecule has 0 radical (unpaired) electrons. The van der Waals surface area contributed by atoms with Gasteiger partial charge in [0.1, 0.15) is 5.76 Å². The minimum Gasteiger partial charge on any atom is -0.458 e. The van der Waals surface area contributed by atoms with Gasteiger partial charge in [0.25, 0.3) is 0 Å². The van der Waals surface area contributed by atoms with E-state index in [-0.39, 0.29) is 6.04 Å². The molecule has 0 saturated heterocycles. The SMILES string of the molecule is NC(c1cc2cccc(Cl)c2o1)C1CC1. The summed E-state index contributed by atoms with van der Waals surface area (Å²) in [6.07, 6.45) is 2.43. The fraction of sp³-hybridized carbons (Fsp3) is 0.333. The molecule has 1 aliphatic rings. The first-order valence-corrected chi connectivity index (χ1v) is 5.57. The van der Waals surface area contributed by atoms with Gasteiger partial charge in [-0.05, 0) is 30.9 Å². The number of benzene rings is 1. The monoisotopic (exact) mass is 221 g/mol. The Bertz CT molecular complexity index is 501. The second-order valence-electron chi connectivity index (χ2n) is 4.17. The molecule has 1 saturated carbocycles. The molecule has 2 N–H and O–H groups in total. The smallest absolute Gasteiger partial charge is 0.152 e. The van der Waals surface area contributed by atoms with Crippen LogP contribution in [0, 0.1) is 5.92 Å². The highest BCUT2D eigenvalue weighted by Gasteiger charge is 2.31. The van der Waals surface area contributed by atoms with E-state index in [1.807, 2.05) is 24.3 Å². The zero-order chi connectivity index (χ0) is 10.4. The first-order chi connectivity index (χ1) is 7.25. The third-order valence-corrected chi connectivity index (χ3v) is 3.27. The fourth-order valence-electron chi connectivity index (χ4n) is 1.90. The van der Waals surface area contributed by atoms with Gasteiger partial charge in [-0.1, -0.05) is 23.7 Å². The summed E-state index contributed by atoms with van der Waals surface area (Å²) in [5, 5.41) is 1.69. The lowest BCUT2D eigenvalue weighted by atomic mass is 10.1. The highest BCUT2D eigenvalue weighted by molar-refractivity contribution is 6.34. The van der Waals surface area contributed by atoms with E-state index in [2.05, 4.69) is 0 Å². The van der Waals surface area contributed by atoms with Crippen molar-refractivity contribution in [2.45, 2.75) is 18.9 Å². The number of rotatable bonds is 2. The lowest BCUT2D eigenvalue weighted by Crippen LogP contribution is -2.10. The van der Waals surface area contributed by atoms with Gasteiger partial charge in [0.05, 0.1) is 11.1 Å². The van der Waals surface area contributed by atoms with E-state index in [0.717, 1.165) is 16.7 Å². The molecule has 2 aromatic rings. The Morgan fingerprint density at radius 3 is 2.87 bits per heavy atom. The fourth-order valence-corrected chi connectivity index (χ4v) is 2.12. The molecule has 1 heterocycles. The number of para-hydroxylation sites is 1. The van der Waals surface area contributed by atoms with Crippen LogP contribution in [0.5, 0.6) is 0 Å². The molecular formula is C12H12ClNO. The molecule has 1 fully saturated rings. The topological polar surface area (TPSA) is 39.2 Å². The van der Waals surface area contributed by atoms with Crippen molar-refractivity contribution in [3.8, 4) is 0 Å². The highest BCUT2D eigenvalue weighted by Crippen LogP contribution is 2.41. The summed E-state index contributed by atoms with van der Waals surface area (Å²) in [5.41, 5.74) is 6.83. The van der Waals surface area contributed by atoms with Crippen molar-refractivity contribution in [3.63, 3.8) is 0 Å². The Kier molecular flexibility index (Phi) is 2.01. The van der Waals surface area contributed by atoms with Crippen LogP contribution in [0.4, 0.5) is 0 Å². The summed E-state index contributed by atoms with van der Waals surface area (Å²) in [5.74, 6) is 1.46. The van der Waals surface area contributed by atoms with E-state index in [9.17, 15) is 0 Å². The Labute approximate surface area is 93.0 Å². The molecule has 3 rings (SSSR count). The van der Waals surface area contributed by atoms with E-state index in [4.69, 9.17) is 21.8 Å². The van der Waals surface area contributed by atoms with Gasteiger partial charge in [-0.25, -0.2) is 0 Å². The molecule has 0 bridgehead atoms. The van der Waals surface area contributed by atoms with Crippen LogP contribution >= 0.6 is 11.6 Å². The third-order valence-electron chi connectivity index (χ3n) is 2.97. The summed E-state index contributed by atoms with van der Waals surface area (Å²) < 4.78 is 5.70. The normalized spacial score (nSPS) is 18.3. The molecule has 78 valence electrons. The van der Waals surface area contributed by atoms with Crippen LogP contribution in [0.2, 0.25) is 5.02 Å². The maximum atomic E-state index is 6.08. The van der Waals surface area contributed by atoms with Gasteiger partial charge < -0.3 is 10.2 Å². The van der Waals surface area contributed by atoms with Crippen molar-refractivity contribution in [2.75, 3.05) is 0 Å². The van der Waals surface area contributed by atoms with Gasteiger partial charge >= 0.3 is 0 Å². The Morgan fingerprint density at radius 2 is 2.20 bits per heavy atom. The summed E-state index contributed by atoms with van der Waals surface area (Å²) in [6.45, 7) is 0. The molecule has 1 unspecified atom stereocenters. The molecule has 3 heteroatoms. The standard InChI is InChI=1S/C12H12ClNO/c13-9-3-1-2-8-6-10(15-12(8)9)11(14)7-4-5-7/h1-3,6-7,11H,4-5,14H2. The van der Waals surface area contributed by atoms with Crippen molar-refractivity contribution in [1.82, 2.24) is 0 Å². The van der Waals surface area contributed by atoms with E-state index in [0.29, 0.717) is 10.9 Å². The summed E-state index contributed by atoms with van der Waals surface area (Å²) in [4.78, 5) is 0. The Hall–Kier alpha value is -0.990. The summed E-state index contributed by atoms with van der Waals surface area (Å²) >= 11 is 6.04. The number of hydrogen-bond donors (Lipinski definition) is 1. The van der Waals surface area contributed by atoms with Gasteiger partial charge in [-0.2, -0.15) is 0 Å². The van der Waals surface area contributed by atoms with E-state index in [1.165, 1.54) is 12.8 Å². The van der Waals surface area contributed by atoms with Gasteiger partial charge in [0.15, 0.2) is 5.58 Å². The molecule has 1 aromatic heterocycles. The third kappa shape index (κ3) is 1.54. The predicted molar refractivity (Wildman–Crippen MR) is 60.9 cm³/mol. The molecule has 0 amide bonds. The van der Waals surface area contributed by atoms with Crippen LogP contribution in [0.15, 0.2) is 28.7 Å². The second-order valence-corrected chi connectivity index (χ2v) is 4.58. The average Bonchev–Trinajstić information content (AvgIpc) is 2.97. The van der Waals surface area contributed by atoms with Crippen LogP contribution in [0.1, 0.15) is 24.6 Å². The average molecular weight is 222 g/mol. The van der Waals surface area contributed by atoms with Gasteiger partial charge in [0, 0.05) is 5.39 Å². The predicted octanol–water partition coefficient (Wildman–Crippen LogP) is 3.50. The lowest BCUT2D eigenvalue weighted by Gasteiger charge is -2.04. The van der Waals surface area contributed by atoms with Gasteiger partial charge in [-0.3, -0.25) is 0 Å². The van der Waals surface area contributed by atoms with Crippen molar-refractivity contribution in [1.29, 1.82) is 0 Å². The van der Waals surface area contributed by atoms with Gasteiger partial charge in [-0.15, -0.1) is 0 Å². The molecule has 1 aromatic carbocycles. The number of halogens is 1. The number of nitrogens with two attached hydrogens (primary N) is 1. The van der Waals surface area contributed by atoms with E-state index >= 15 is 0 Å². The molecular weight excluding hydrogens is 210 g/mol. The van der Waals surface area contributed by atoms with Crippen molar-refractivity contribution in [2.24, 2.45) is 11.7 Å². The molecule has 15 heavy (non-hydrogen) atoms. The maximum absolute atomic E-state index is 6.08. The zero-order valence-corrected chi connectivity index (χ0v) is 9.00. The van der Waals surface area contributed by atoms with Crippen LogP contribution in [-0.4, -0.2) is 0 Å². The molecule has 1 atom stereocenters. The number of fused-ring (bicyclic) bond motifs is 1. The van der Waals surface area contributed by atoms with Crippen molar-refractivity contribution >= 4 is 22.6 Å². The van der Waals surface area contributed by atoms with Crippen molar-refractivity contribution in [3.05, 3.63) is 35.0 Å².